The summed E-state index contributed by atoms with van der Waals surface area (Å²) >= 11 is 0. The van der Waals surface area contributed by atoms with E-state index in [4.69, 9.17) is 0 Å². The quantitative estimate of drug-likeness (QED) is 0.929. The molecule has 2 aliphatic rings. The molecule has 0 unspecified atom stereocenters. The Balaban J connectivity index is 1.71. The summed E-state index contributed by atoms with van der Waals surface area (Å²) in [7, 11) is 0. The van der Waals surface area contributed by atoms with E-state index in [1.54, 1.807) is 0 Å². The first-order valence-electron chi connectivity index (χ1n) is 8.95. The van der Waals surface area contributed by atoms with E-state index in [2.05, 4.69) is 17.9 Å². The van der Waals surface area contributed by atoms with E-state index in [9.17, 15) is 9.90 Å². The fraction of sp³-hybridized carbons (Fsp3) is 0.632. The minimum absolute atomic E-state index is 0.180. The van der Waals surface area contributed by atoms with Gasteiger partial charge >= 0.3 is 0 Å². The van der Waals surface area contributed by atoms with Crippen LogP contribution in [-0.2, 0) is 11.2 Å². The van der Waals surface area contributed by atoms with Crippen LogP contribution in [0, 0.1) is 0 Å². The van der Waals surface area contributed by atoms with Gasteiger partial charge in [-0.25, -0.2) is 0 Å². The zero-order chi connectivity index (χ0) is 16.4. The van der Waals surface area contributed by atoms with Crippen molar-refractivity contribution in [1.29, 1.82) is 0 Å². The fourth-order valence-corrected chi connectivity index (χ4v) is 3.84. The number of aliphatic hydroxyl groups excluding tert-OH is 1. The van der Waals surface area contributed by atoms with E-state index in [1.165, 1.54) is 24.8 Å². The van der Waals surface area contributed by atoms with Gasteiger partial charge in [-0.3, -0.25) is 9.69 Å². The van der Waals surface area contributed by atoms with Crippen LogP contribution in [0.25, 0.3) is 0 Å². The van der Waals surface area contributed by atoms with Crippen LogP contribution in [-0.4, -0.2) is 41.6 Å². The van der Waals surface area contributed by atoms with Gasteiger partial charge < -0.3 is 10.0 Å². The Hall–Kier alpha value is -1.39. The molecular weight excluding hydrogens is 288 g/mol. The second kappa shape index (κ2) is 7.02. The molecule has 3 rings (SSSR count). The van der Waals surface area contributed by atoms with Crippen LogP contribution in [0.4, 0.5) is 5.69 Å². The standard InChI is InChI=1S/C19H28N2O2/c1-3-19(23)21-11-9-15-12-16(7-8-17(15)21)18(22)13-20-10-5-4-6-14(20)2/h7-8,12,14,18,22H,3-6,9-11,13H2,1-2H3/t14-,18-/m1/s1. The lowest BCUT2D eigenvalue weighted by Crippen LogP contribution is -2.40. The lowest BCUT2D eigenvalue weighted by molar-refractivity contribution is -0.118. The first-order chi connectivity index (χ1) is 11.1. The Bertz CT molecular complexity index is 572. The summed E-state index contributed by atoms with van der Waals surface area (Å²) in [6, 6.07) is 6.65. The number of hydrogen-bond acceptors (Lipinski definition) is 3. The summed E-state index contributed by atoms with van der Waals surface area (Å²) in [4.78, 5) is 16.2. The average Bonchev–Trinajstić information content (AvgIpc) is 2.99. The number of fused-ring (bicyclic) bond motifs is 1. The van der Waals surface area contributed by atoms with Crippen molar-refractivity contribution in [3.63, 3.8) is 0 Å². The molecule has 0 saturated carbocycles. The van der Waals surface area contributed by atoms with Crippen molar-refractivity contribution in [3.8, 4) is 0 Å². The molecule has 23 heavy (non-hydrogen) atoms. The van der Waals surface area contributed by atoms with Gasteiger partial charge in [-0.05, 0) is 49.9 Å². The number of likely N-dealkylation sites (tertiary alicyclic amines) is 1. The maximum atomic E-state index is 12.0. The molecule has 4 heteroatoms. The number of nitrogens with zero attached hydrogens (tertiary/aromatic N) is 2. The van der Waals surface area contributed by atoms with E-state index in [-0.39, 0.29) is 5.91 Å². The highest BCUT2D eigenvalue weighted by Crippen LogP contribution is 2.31. The Labute approximate surface area is 139 Å². The van der Waals surface area contributed by atoms with Crippen LogP contribution in [0.3, 0.4) is 0 Å². The molecule has 1 aromatic carbocycles. The maximum Gasteiger partial charge on any atom is 0.226 e. The molecule has 0 radical (unpaired) electrons. The van der Waals surface area contributed by atoms with Crippen molar-refractivity contribution in [2.24, 2.45) is 0 Å². The number of hydrogen-bond donors (Lipinski definition) is 1. The van der Waals surface area contributed by atoms with Gasteiger partial charge in [0.25, 0.3) is 0 Å². The summed E-state index contributed by atoms with van der Waals surface area (Å²) in [6.45, 7) is 6.71. The molecule has 4 nitrogen and oxygen atoms in total. The molecule has 0 aromatic heterocycles. The van der Waals surface area contributed by atoms with Gasteiger partial charge in [0.15, 0.2) is 0 Å². The van der Waals surface area contributed by atoms with Crippen LogP contribution in [0.5, 0.6) is 0 Å². The number of rotatable bonds is 4. The van der Waals surface area contributed by atoms with Crippen LogP contribution in [0.2, 0.25) is 0 Å². The normalized spacial score (nSPS) is 22.9. The Morgan fingerprint density at radius 3 is 2.91 bits per heavy atom. The van der Waals surface area contributed by atoms with Gasteiger partial charge in [0.1, 0.15) is 0 Å². The number of anilines is 1. The Morgan fingerprint density at radius 2 is 2.17 bits per heavy atom. The van der Waals surface area contributed by atoms with Crippen molar-refractivity contribution >= 4 is 11.6 Å². The van der Waals surface area contributed by atoms with Gasteiger partial charge in [-0.15, -0.1) is 0 Å². The predicted molar refractivity (Wildman–Crippen MR) is 92.6 cm³/mol. The molecule has 0 bridgehead atoms. The number of carbonyl (C=O) groups excluding carboxylic acids is 1. The molecule has 1 saturated heterocycles. The Morgan fingerprint density at radius 1 is 1.35 bits per heavy atom. The van der Waals surface area contributed by atoms with Crippen molar-refractivity contribution in [1.82, 2.24) is 4.90 Å². The minimum Gasteiger partial charge on any atom is -0.387 e. The summed E-state index contributed by atoms with van der Waals surface area (Å²) in [6.07, 6.45) is 4.74. The second-order valence-electron chi connectivity index (χ2n) is 6.89. The SMILES string of the molecule is CCC(=O)N1CCc2cc([C@H](O)CN3CCCC[C@H]3C)ccc21. The van der Waals surface area contributed by atoms with Gasteiger partial charge in [0.2, 0.25) is 5.91 Å². The van der Waals surface area contributed by atoms with Crippen molar-refractivity contribution in [2.45, 2.75) is 58.1 Å². The first kappa shape index (κ1) is 16.5. The average molecular weight is 316 g/mol. The summed E-state index contributed by atoms with van der Waals surface area (Å²) in [5.74, 6) is 0.180. The van der Waals surface area contributed by atoms with Crippen molar-refractivity contribution in [3.05, 3.63) is 29.3 Å². The summed E-state index contributed by atoms with van der Waals surface area (Å²) < 4.78 is 0. The molecule has 1 N–H and O–H groups in total. The Kier molecular flexibility index (Phi) is 5.02. The van der Waals surface area contributed by atoms with Crippen LogP contribution in [0.15, 0.2) is 18.2 Å². The molecule has 1 aromatic rings. The van der Waals surface area contributed by atoms with Gasteiger partial charge in [0, 0.05) is 31.2 Å². The van der Waals surface area contributed by atoms with E-state index in [0.29, 0.717) is 19.0 Å². The first-order valence-corrected chi connectivity index (χ1v) is 8.95. The van der Waals surface area contributed by atoms with Gasteiger partial charge in [-0.1, -0.05) is 25.5 Å². The molecular formula is C19H28N2O2. The molecule has 0 aliphatic carbocycles. The fourth-order valence-electron chi connectivity index (χ4n) is 3.84. The van der Waals surface area contributed by atoms with E-state index in [0.717, 1.165) is 30.8 Å². The number of carbonyl (C=O) groups is 1. The predicted octanol–water partition coefficient (Wildman–Crippen LogP) is 2.89. The molecule has 2 atom stereocenters. The van der Waals surface area contributed by atoms with E-state index >= 15 is 0 Å². The molecule has 1 fully saturated rings. The zero-order valence-corrected chi connectivity index (χ0v) is 14.3. The van der Waals surface area contributed by atoms with Crippen LogP contribution >= 0.6 is 0 Å². The van der Waals surface area contributed by atoms with Gasteiger partial charge in [0.05, 0.1) is 6.10 Å². The lowest BCUT2D eigenvalue weighted by Gasteiger charge is -2.34. The summed E-state index contributed by atoms with van der Waals surface area (Å²) in [5.41, 5.74) is 3.20. The largest absolute Gasteiger partial charge is 0.387 e. The molecule has 2 heterocycles. The number of piperidine rings is 1. The molecule has 2 aliphatic heterocycles. The highest BCUT2D eigenvalue weighted by Gasteiger charge is 2.26. The monoisotopic (exact) mass is 316 g/mol. The maximum absolute atomic E-state index is 12.0. The van der Waals surface area contributed by atoms with Crippen LogP contribution < -0.4 is 4.90 Å². The third kappa shape index (κ3) is 3.43. The lowest BCUT2D eigenvalue weighted by atomic mass is 10.00. The number of aliphatic hydroxyl groups is 1. The molecule has 0 spiro atoms. The highest BCUT2D eigenvalue weighted by molar-refractivity contribution is 5.95. The molecule has 126 valence electrons. The van der Waals surface area contributed by atoms with Crippen molar-refractivity contribution < 1.29 is 9.90 Å². The highest BCUT2D eigenvalue weighted by atomic mass is 16.3. The van der Waals surface area contributed by atoms with E-state index in [1.807, 2.05) is 24.0 Å². The van der Waals surface area contributed by atoms with Gasteiger partial charge in [-0.2, -0.15) is 0 Å². The zero-order valence-electron chi connectivity index (χ0n) is 14.3. The van der Waals surface area contributed by atoms with E-state index < -0.39 is 6.10 Å². The third-order valence-electron chi connectivity index (χ3n) is 5.34. The number of benzene rings is 1. The second-order valence-corrected chi connectivity index (χ2v) is 6.89. The number of amides is 1. The topological polar surface area (TPSA) is 43.8 Å². The smallest absolute Gasteiger partial charge is 0.226 e. The molecule has 1 amide bonds. The number of β-amino-alcohol motifs (C(OH)–C–C–N with tert-alkyl or cyclic N) is 1. The third-order valence-corrected chi connectivity index (χ3v) is 5.34. The van der Waals surface area contributed by atoms with Crippen molar-refractivity contribution in [2.75, 3.05) is 24.5 Å². The summed E-state index contributed by atoms with van der Waals surface area (Å²) in [5, 5.41) is 10.6. The minimum atomic E-state index is -0.447. The van der Waals surface area contributed by atoms with Crippen LogP contribution in [0.1, 0.15) is 56.8 Å².